The summed E-state index contributed by atoms with van der Waals surface area (Å²) >= 11 is 0. The van der Waals surface area contributed by atoms with Crippen LogP contribution in [0.4, 0.5) is 5.69 Å². The van der Waals surface area contributed by atoms with Gasteiger partial charge in [0.1, 0.15) is 12.4 Å². The van der Waals surface area contributed by atoms with E-state index in [0.717, 1.165) is 30.9 Å². The summed E-state index contributed by atoms with van der Waals surface area (Å²) in [6, 6.07) is 7.60. The Hall–Kier alpha value is -2.01. The van der Waals surface area contributed by atoms with Crippen LogP contribution in [-0.4, -0.2) is 38.3 Å². The summed E-state index contributed by atoms with van der Waals surface area (Å²) in [6.07, 6.45) is 3.96. The second-order valence-electron chi connectivity index (χ2n) is 4.89. The fourth-order valence-corrected chi connectivity index (χ4v) is 2.12. The highest BCUT2D eigenvalue weighted by atomic mass is 16.5. The second kappa shape index (κ2) is 8.32. The van der Waals surface area contributed by atoms with Gasteiger partial charge in [0.05, 0.1) is 18.3 Å². The molecular formula is C16H22N2O3. The van der Waals surface area contributed by atoms with Gasteiger partial charge in [0.2, 0.25) is 5.91 Å². The van der Waals surface area contributed by atoms with E-state index in [-0.39, 0.29) is 18.6 Å². The van der Waals surface area contributed by atoms with Crippen LogP contribution in [0.3, 0.4) is 0 Å². The van der Waals surface area contributed by atoms with E-state index in [9.17, 15) is 4.79 Å². The van der Waals surface area contributed by atoms with Gasteiger partial charge in [-0.05, 0) is 25.0 Å². The maximum Gasteiger partial charge on any atom is 0.239 e. The van der Waals surface area contributed by atoms with Crippen molar-refractivity contribution in [2.75, 3.05) is 31.6 Å². The summed E-state index contributed by atoms with van der Waals surface area (Å²) < 4.78 is 11.3. The highest BCUT2D eigenvalue weighted by molar-refractivity contribution is 5.81. The van der Waals surface area contributed by atoms with Crippen LogP contribution in [0, 0.1) is 0 Å². The Morgan fingerprint density at radius 2 is 2.33 bits per heavy atom. The van der Waals surface area contributed by atoms with Gasteiger partial charge in [-0.2, -0.15) is 0 Å². The highest BCUT2D eigenvalue weighted by Crippen LogP contribution is 2.24. The molecule has 1 aromatic carbocycles. The molecule has 1 aliphatic heterocycles. The van der Waals surface area contributed by atoms with Crippen LogP contribution < -0.4 is 15.4 Å². The molecule has 0 spiro atoms. The lowest BCUT2D eigenvalue weighted by molar-refractivity contribution is -0.119. The minimum absolute atomic E-state index is 0.0798. The van der Waals surface area contributed by atoms with Crippen LogP contribution in [0.1, 0.15) is 12.8 Å². The molecule has 114 valence electrons. The maximum absolute atomic E-state index is 11.6. The highest BCUT2D eigenvalue weighted by Gasteiger charge is 2.16. The summed E-state index contributed by atoms with van der Waals surface area (Å²) in [5.41, 5.74) is 0.809. The van der Waals surface area contributed by atoms with Gasteiger partial charge < -0.3 is 20.1 Å². The molecule has 0 aliphatic carbocycles. The molecular weight excluding hydrogens is 268 g/mol. The van der Waals surface area contributed by atoms with E-state index >= 15 is 0 Å². The van der Waals surface area contributed by atoms with Gasteiger partial charge in [-0.25, -0.2) is 0 Å². The number of rotatable bonds is 8. The van der Waals surface area contributed by atoms with E-state index in [1.165, 1.54) is 0 Å². The lowest BCUT2D eigenvalue weighted by Gasteiger charge is -2.15. The first-order valence-electron chi connectivity index (χ1n) is 7.24. The molecule has 5 nitrogen and oxygen atoms in total. The van der Waals surface area contributed by atoms with Crippen LogP contribution in [0.25, 0.3) is 0 Å². The first kappa shape index (κ1) is 15.4. The average molecular weight is 290 g/mol. The van der Waals surface area contributed by atoms with Gasteiger partial charge >= 0.3 is 0 Å². The number of amides is 1. The third-order valence-corrected chi connectivity index (χ3v) is 3.22. The molecule has 2 rings (SSSR count). The van der Waals surface area contributed by atoms with Gasteiger partial charge in [-0.15, -0.1) is 6.58 Å². The Kier molecular flexibility index (Phi) is 6.09. The monoisotopic (exact) mass is 290 g/mol. The van der Waals surface area contributed by atoms with E-state index in [1.54, 1.807) is 6.08 Å². The van der Waals surface area contributed by atoms with Gasteiger partial charge in [0.15, 0.2) is 0 Å². The Morgan fingerprint density at radius 3 is 3.10 bits per heavy atom. The van der Waals surface area contributed by atoms with Crippen molar-refractivity contribution < 1.29 is 14.3 Å². The van der Waals surface area contributed by atoms with Crippen molar-refractivity contribution in [3.05, 3.63) is 36.9 Å². The molecule has 2 N–H and O–H groups in total. The predicted molar refractivity (Wildman–Crippen MR) is 82.6 cm³/mol. The van der Waals surface area contributed by atoms with Gasteiger partial charge in [0, 0.05) is 13.2 Å². The minimum atomic E-state index is -0.0798. The number of para-hydroxylation sites is 2. The molecule has 1 aliphatic rings. The summed E-state index contributed by atoms with van der Waals surface area (Å²) in [7, 11) is 0. The minimum Gasteiger partial charge on any atom is -0.489 e. The van der Waals surface area contributed by atoms with Crippen LogP contribution in [-0.2, 0) is 9.53 Å². The van der Waals surface area contributed by atoms with Crippen LogP contribution in [0.5, 0.6) is 5.75 Å². The Labute approximate surface area is 125 Å². The van der Waals surface area contributed by atoms with Gasteiger partial charge in [-0.1, -0.05) is 18.2 Å². The van der Waals surface area contributed by atoms with Crippen molar-refractivity contribution in [1.29, 1.82) is 0 Å². The second-order valence-corrected chi connectivity index (χ2v) is 4.89. The number of nitrogens with one attached hydrogen (secondary N) is 2. The third-order valence-electron chi connectivity index (χ3n) is 3.22. The van der Waals surface area contributed by atoms with Gasteiger partial charge in [-0.3, -0.25) is 4.79 Å². The fraction of sp³-hybridized carbons (Fsp3) is 0.438. The lowest BCUT2D eigenvalue weighted by Crippen LogP contribution is -2.29. The van der Waals surface area contributed by atoms with Crippen molar-refractivity contribution in [3.63, 3.8) is 0 Å². The summed E-state index contributed by atoms with van der Waals surface area (Å²) in [5, 5.41) is 5.80. The van der Waals surface area contributed by atoms with E-state index in [0.29, 0.717) is 13.2 Å². The zero-order valence-electron chi connectivity index (χ0n) is 12.1. The molecule has 1 saturated heterocycles. The lowest BCUT2D eigenvalue weighted by atomic mass is 10.2. The molecule has 0 radical (unpaired) electrons. The topological polar surface area (TPSA) is 59.6 Å². The summed E-state index contributed by atoms with van der Waals surface area (Å²) in [6.45, 7) is 5.59. The molecule has 1 atom stereocenters. The zero-order chi connectivity index (χ0) is 14.9. The largest absolute Gasteiger partial charge is 0.489 e. The number of benzene rings is 1. The molecule has 1 amide bonds. The number of hydrogen-bond acceptors (Lipinski definition) is 4. The van der Waals surface area contributed by atoms with E-state index in [1.807, 2.05) is 24.3 Å². The summed E-state index contributed by atoms with van der Waals surface area (Å²) in [5.74, 6) is 0.661. The van der Waals surface area contributed by atoms with Crippen LogP contribution in [0.15, 0.2) is 36.9 Å². The first-order valence-corrected chi connectivity index (χ1v) is 7.24. The van der Waals surface area contributed by atoms with Crippen molar-refractivity contribution in [1.82, 2.24) is 5.32 Å². The fourth-order valence-electron chi connectivity index (χ4n) is 2.12. The quantitative estimate of drug-likeness (QED) is 0.719. The van der Waals surface area contributed by atoms with Crippen LogP contribution in [0.2, 0.25) is 0 Å². The van der Waals surface area contributed by atoms with E-state index in [4.69, 9.17) is 9.47 Å². The number of hydrogen-bond donors (Lipinski definition) is 2. The molecule has 1 unspecified atom stereocenters. The molecule has 1 aromatic rings. The average Bonchev–Trinajstić information content (AvgIpc) is 3.03. The van der Waals surface area contributed by atoms with Crippen molar-refractivity contribution in [2.45, 2.75) is 18.9 Å². The Morgan fingerprint density at radius 1 is 1.48 bits per heavy atom. The molecule has 0 aromatic heterocycles. The number of ether oxygens (including phenoxy) is 2. The molecule has 0 bridgehead atoms. The smallest absolute Gasteiger partial charge is 0.239 e. The molecule has 1 heterocycles. The normalized spacial score (nSPS) is 17.2. The number of anilines is 1. The zero-order valence-corrected chi connectivity index (χ0v) is 12.1. The van der Waals surface area contributed by atoms with E-state index in [2.05, 4.69) is 17.2 Å². The Bertz CT molecular complexity index is 470. The van der Waals surface area contributed by atoms with Crippen molar-refractivity contribution in [3.8, 4) is 5.75 Å². The summed E-state index contributed by atoms with van der Waals surface area (Å²) in [4.78, 5) is 11.6. The van der Waals surface area contributed by atoms with E-state index < -0.39 is 0 Å². The molecule has 21 heavy (non-hydrogen) atoms. The molecule has 5 heteroatoms. The standard InChI is InChI=1S/C16H22N2O3/c1-2-9-17-16(19)11-18-14-7-3-4-8-15(14)21-12-13-6-5-10-20-13/h2-4,7-8,13,18H,1,5-6,9-12H2,(H,17,19). The maximum atomic E-state index is 11.6. The predicted octanol–water partition coefficient (Wildman–Crippen LogP) is 1.96. The Balaban J connectivity index is 1.83. The van der Waals surface area contributed by atoms with Crippen molar-refractivity contribution in [2.24, 2.45) is 0 Å². The number of carbonyl (C=O) groups is 1. The van der Waals surface area contributed by atoms with Crippen molar-refractivity contribution >= 4 is 11.6 Å². The van der Waals surface area contributed by atoms with Crippen LogP contribution >= 0.6 is 0 Å². The van der Waals surface area contributed by atoms with Gasteiger partial charge in [0.25, 0.3) is 0 Å². The third kappa shape index (κ3) is 5.11. The SMILES string of the molecule is C=CCNC(=O)CNc1ccccc1OCC1CCCO1. The molecule has 0 saturated carbocycles. The first-order chi connectivity index (χ1) is 10.3. The number of carbonyl (C=O) groups excluding carboxylic acids is 1. The molecule has 1 fully saturated rings.